The molecule has 0 N–H and O–H groups in total. The van der Waals surface area contributed by atoms with Gasteiger partial charge in [-0.05, 0) is 48.7 Å². The number of anilines is 1. The Kier molecular flexibility index (Phi) is 5.00. The topological polar surface area (TPSA) is 94.9 Å². The van der Waals surface area contributed by atoms with Crippen LogP contribution in [0.5, 0.6) is 0 Å². The average Bonchev–Trinajstić information content (AvgIpc) is 2.64. The summed E-state index contributed by atoms with van der Waals surface area (Å²) in [6, 6.07) is 14.1. The maximum Gasteiger partial charge on any atom is 0.269 e. The molecule has 2 aromatic rings. The number of nitriles is 1. The zero-order chi connectivity index (χ0) is 17.6. The summed E-state index contributed by atoms with van der Waals surface area (Å²) in [5, 5.41) is 27.8. The SMILES string of the molecule is N#CCCN1CCCc2cc(N=Nc3ccc([N+](=O)[O-])cc3)ccc21. The Morgan fingerprint density at radius 2 is 1.88 bits per heavy atom. The van der Waals surface area contributed by atoms with Crippen molar-refractivity contribution in [1.29, 1.82) is 5.26 Å². The van der Waals surface area contributed by atoms with Crippen LogP contribution in [0.1, 0.15) is 18.4 Å². The first-order valence-corrected chi connectivity index (χ1v) is 8.08. The van der Waals surface area contributed by atoms with Gasteiger partial charge >= 0.3 is 0 Å². The quantitative estimate of drug-likeness (QED) is 0.450. The van der Waals surface area contributed by atoms with Crippen LogP contribution in [0.25, 0.3) is 0 Å². The van der Waals surface area contributed by atoms with E-state index in [-0.39, 0.29) is 5.69 Å². The third-order valence-corrected chi connectivity index (χ3v) is 4.11. The molecule has 0 fully saturated rings. The fourth-order valence-electron chi connectivity index (χ4n) is 2.90. The van der Waals surface area contributed by atoms with Crippen molar-refractivity contribution < 1.29 is 4.92 Å². The smallest absolute Gasteiger partial charge is 0.269 e. The van der Waals surface area contributed by atoms with Crippen LogP contribution in [-0.2, 0) is 6.42 Å². The molecule has 7 heteroatoms. The van der Waals surface area contributed by atoms with Crippen LogP contribution in [0, 0.1) is 21.4 Å². The summed E-state index contributed by atoms with van der Waals surface area (Å²) < 4.78 is 0. The highest BCUT2D eigenvalue weighted by Gasteiger charge is 2.16. The number of aryl methyl sites for hydroxylation is 1. The lowest BCUT2D eigenvalue weighted by Gasteiger charge is -2.30. The van der Waals surface area contributed by atoms with E-state index in [0.29, 0.717) is 12.1 Å². The number of nitro benzene ring substituents is 1. The summed E-state index contributed by atoms with van der Waals surface area (Å²) in [4.78, 5) is 12.4. The number of non-ortho nitro benzene ring substituents is 1. The van der Waals surface area contributed by atoms with E-state index in [1.807, 2.05) is 18.2 Å². The molecule has 0 atom stereocenters. The van der Waals surface area contributed by atoms with Gasteiger partial charge in [0.2, 0.25) is 0 Å². The molecular formula is C18H17N5O2. The van der Waals surface area contributed by atoms with Gasteiger partial charge in [-0.15, -0.1) is 0 Å². The lowest BCUT2D eigenvalue weighted by molar-refractivity contribution is -0.384. The first kappa shape index (κ1) is 16.6. The number of nitrogens with zero attached hydrogens (tertiary/aromatic N) is 5. The van der Waals surface area contributed by atoms with Crippen molar-refractivity contribution in [2.75, 3.05) is 18.0 Å². The average molecular weight is 335 g/mol. The summed E-state index contributed by atoms with van der Waals surface area (Å²) in [5.74, 6) is 0. The van der Waals surface area contributed by atoms with E-state index in [1.54, 1.807) is 12.1 Å². The maximum atomic E-state index is 10.7. The number of rotatable bonds is 5. The Balaban J connectivity index is 1.75. The molecule has 0 aromatic heterocycles. The largest absolute Gasteiger partial charge is 0.370 e. The minimum absolute atomic E-state index is 0.0326. The summed E-state index contributed by atoms with van der Waals surface area (Å²) in [7, 11) is 0. The highest BCUT2D eigenvalue weighted by atomic mass is 16.6. The molecule has 7 nitrogen and oxygen atoms in total. The van der Waals surface area contributed by atoms with Gasteiger partial charge in [-0.1, -0.05) is 0 Å². The molecular weight excluding hydrogens is 318 g/mol. The van der Waals surface area contributed by atoms with E-state index >= 15 is 0 Å². The summed E-state index contributed by atoms with van der Waals surface area (Å²) in [6.07, 6.45) is 2.56. The second-order valence-electron chi connectivity index (χ2n) is 5.79. The molecule has 0 saturated carbocycles. The molecule has 2 aromatic carbocycles. The number of nitro groups is 1. The number of fused-ring (bicyclic) bond motifs is 1. The van der Waals surface area contributed by atoms with E-state index in [9.17, 15) is 10.1 Å². The highest BCUT2D eigenvalue weighted by Crippen LogP contribution is 2.31. The minimum Gasteiger partial charge on any atom is -0.370 e. The van der Waals surface area contributed by atoms with Crippen molar-refractivity contribution >= 4 is 22.7 Å². The maximum absolute atomic E-state index is 10.7. The summed E-state index contributed by atoms with van der Waals surface area (Å²) >= 11 is 0. The zero-order valence-electron chi connectivity index (χ0n) is 13.6. The van der Waals surface area contributed by atoms with Gasteiger partial charge in [0.25, 0.3) is 5.69 Å². The molecule has 0 aliphatic carbocycles. The van der Waals surface area contributed by atoms with Crippen molar-refractivity contribution in [3.05, 3.63) is 58.1 Å². The van der Waals surface area contributed by atoms with Crippen molar-refractivity contribution in [2.24, 2.45) is 10.2 Å². The number of hydrogen-bond donors (Lipinski definition) is 0. The zero-order valence-corrected chi connectivity index (χ0v) is 13.6. The third-order valence-electron chi connectivity index (χ3n) is 4.11. The second kappa shape index (κ2) is 7.53. The normalized spacial score (nSPS) is 13.5. The van der Waals surface area contributed by atoms with Crippen LogP contribution in [0.3, 0.4) is 0 Å². The molecule has 1 aliphatic rings. The van der Waals surface area contributed by atoms with Gasteiger partial charge in [-0.25, -0.2) is 0 Å². The molecule has 25 heavy (non-hydrogen) atoms. The predicted molar refractivity (Wildman–Crippen MR) is 94.5 cm³/mol. The molecule has 0 saturated heterocycles. The lowest BCUT2D eigenvalue weighted by Crippen LogP contribution is -2.30. The van der Waals surface area contributed by atoms with Crippen LogP contribution in [-0.4, -0.2) is 18.0 Å². The van der Waals surface area contributed by atoms with Gasteiger partial charge in [0, 0.05) is 30.9 Å². The Bertz CT molecular complexity index is 840. The molecule has 0 amide bonds. The van der Waals surface area contributed by atoms with E-state index in [1.165, 1.54) is 17.7 Å². The minimum atomic E-state index is -0.442. The molecule has 1 heterocycles. The predicted octanol–water partition coefficient (Wildman–Crippen LogP) is 4.68. The monoisotopic (exact) mass is 335 g/mol. The lowest BCUT2D eigenvalue weighted by atomic mass is 10.0. The fourth-order valence-corrected chi connectivity index (χ4v) is 2.90. The van der Waals surface area contributed by atoms with Gasteiger partial charge in [0.05, 0.1) is 28.8 Å². The van der Waals surface area contributed by atoms with Gasteiger partial charge < -0.3 is 4.90 Å². The third kappa shape index (κ3) is 3.98. The summed E-state index contributed by atoms with van der Waals surface area (Å²) in [6.45, 7) is 1.71. The van der Waals surface area contributed by atoms with Crippen molar-refractivity contribution in [3.8, 4) is 6.07 Å². The van der Waals surface area contributed by atoms with Crippen molar-refractivity contribution in [2.45, 2.75) is 19.3 Å². The number of benzene rings is 2. The summed E-state index contributed by atoms with van der Waals surface area (Å²) in [5.41, 5.74) is 3.73. The molecule has 1 aliphatic heterocycles. The van der Waals surface area contributed by atoms with Crippen LogP contribution in [0.2, 0.25) is 0 Å². The standard InChI is InChI=1S/C18H17N5O2/c19-10-2-12-22-11-1-3-14-13-16(6-9-18(14)22)21-20-15-4-7-17(8-5-15)23(24)25/h4-9,13H,1-3,11-12H2. The second-order valence-corrected chi connectivity index (χ2v) is 5.79. The van der Waals surface area contributed by atoms with Gasteiger partial charge in [-0.2, -0.15) is 15.5 Å². The first-order chi connectivity index (χ1) is 12.2. The van der Waals surface area contributed by atoms with E-state index < -0.39 is 4.92 Å². The van der Waals surface area contributed by atoms with Gasteiger partial charge in [0.1, 0.15) is 0 Å². The van der Waals surface area contributed by atoms with Gasteiger partial charge in [-0.3, -0.25) is 10.1 Å². The van der Waals surface area contributed by atoms with E-state index in [2.05, 4.69) is 21.2 Å². The van der Waals surface area contributed by atoms with Crippen LogP contribution in [0.15, 0.2) is 52.7 Å². The molecule has 0 spiro atoms. The number of hydrogen-bond acceptors (Lipinski definition) is 6. The molecule has 126 valence electrons. The van der Waals surface area contributed by atoms with E-state index in [4.69, 9.17) is 5.26 Å². The van der Waals surface area contributed by atoms with Gasteiger partial charge in [0.15, 0.2) is 0 Å². The molecule has 0 radical (unpaired) electrons. The molecule has 0 unspecified atom stereocenters. The Labute approximate surface area is 145 Å². The Hall–Kier alpha value is -3.27. The van der Waals surface area contributed by atoms with Crippen LogP contribution >= 0.6 is 0 Å². The van der Waals surface area contributed by atoms with Crippen LogP contribution in [0.4, 0.5) is 22.7 Å². The van der Waals surface area contributed by atoms with E-state index in [0.717, 1.165) is 37.3 Å². The fraction of sp³-hybridized carbons (Fsp3) is 0.278. The van der Waals surface area contributed by atoms with Crippen molar-refractivity contribution in [3.63, 3.8) is 0 Å². The van der Waals surface area contributed by atoms with Crippen LogP contribution < -0.4 is 4.90 Å². The Morgan fingerprint density at radius 1 is 1.16 bits per heavy atom. The molecule has 3 rings (SSSR count). The Morgan fingerprint density at radius 3 is 2.60 bits per heavy atom. The highest BCUT2D eigenvalue weighted by molar-refractivity contribution is 5.61. The molecule has 0 bridgehead atoms. The number of azo groups is 1. The first-order valence-electron chi connectivity index (χ1n) is 8.08. The van der Waals surface area contributed by atoms with Crippen molar-refractivity contribution in [1.82, 2.24) is 0 Å².